The molecule has 17 heavy (non-hydrogen) atoms. The summed E-state index contributed by atoms with van der Waals surface area (Å²) in [6, 6.07) is 16.6. The summed E-state index contributed by atoms with van der Waals surface area (Å²) in [5, 5.41) is 0.573. The van der Waals surface area contributed by atoms with Crippen LogP contribution in [0, 0.1) is 0 Å². The van der Waals surface area contributed by atoms with Gasteiger partial charge in [-0.15, -0.1) is 0 Å². The minimum atomic E-state index is -0.0450. The zero-order chi connectivity index (χ0) is 12.1. The van der Waals surface area contributed by atoms with E-state index in [1.807, 2.05) is 30.3 Å². The zero-order valence-electron chi connectivity index (χ0n) is 9.14. The van der Waals surface area contributed by atoms with Crippen molar-refractivity contribution in [3.63, 3.8) is 0 Å². The molecule has 0 radical (unpaired) electrons. The molecule has 84 valence electrons. The Kier molecular flexibility index (Phi) is 3.73. The Morgan fingerprint density at radius 3 is 2.47 bits per heavy atom. The molecular formula is C15H11ClO. The fourth-order valence-corrected chi connectivity index (χ4v) is 1.66. The third kappa shape index (κ3) is 3.30. The molecular weight excluding hydrogens is 232 g/mol. The van der Waals surface area contributed by atoms with Gasteiger partial charge in [0.1, 0.15) is 0 Å². The zero-order valence-corrected chi connectivity index (χ0v) is 9.89. The van der Waals surface area contributed by atoms with Gasteiger partial charge in [-0.05, 0) is 23.8 Å². The van der Waals surface area contributed by atoms with Crippen molar-refractivity contribution in [3.8, 4) is 0 Å². The van der Waals surface area contributed by atoms with Crippen LogP contribution in [0.3, 0.4) is 0 Å². The lowest BCUT2D eigenvalue weighted by atomic mass is 10.1. The van der Waals surface area contributed by atoms with Gasteiger partial charge >= 0.3 is 0 Å². The van der Waals surface area contributed by atoms with Gasteiger partial charge in [-0.3, -0.25) is 4.79 Å². The van der Waals surface area contributed by atoms with Gasteiger partial charge < -0.3 is 0 Å². The van der Waals surface area contributed by atoms with Gasteiger partial charge in [0.05, 0.1) is 0 Å². The van der Waals surface area contributed by atoms with Crippen LogP contribution in [0.2, 0.25) is 5.02 Å². The molecule has 0 unspecified atom stereocenters. The summed E-state index contributed by atoms with van der Waals surface area (Å²) in [6.45, 7) is 0. The Balaban J connectivity index is 2.15. The average Bonchev–Trinajstić information content (AvgIpc) is 2.37. The molecule has 1 nitrogen and oxygen atoms in total. The Labute approximate surface area is 105 Å². The number of hydrogen-bond donors (Lipinski definition) is 0. The smallest absolute Gasteiger partial charge is 0.185 e. The summed E-state index contributed by atoms with van der Waals surface area (Å²) in [7, 11) is 0. The lowest BCUT2D eigenvalue weighted by molar-refractivity contribution is 0.104. The number of carbonyl (C=O) groups is 1. The van der Waals surface area contributed by atoms with E-state index < -0.39 is 0 Å². The van der Waals surface area contributed by atoms with Crippen LogP contribution in [0.1, 0.15) is 15.9 Å². The summed E-state index contributed by atoms with van der Waals surface area (Å²) in [5.41, 5.74) is 1.60. The van der Waals surface area contributed by atoms with Crippen LogP contribution in [0.5, 0.6) is 0 Å². The summed E-state index contributed by atoms with van der Waals surface area (Å²) in [4.78, 5) is 11.8. The van der Waals surface area contributed by atoms with E-state index >= 15 is 0 Å². The molecule has 0 aromatic heterocycles. The molecule has 2 aromatic rings. The lowest BCUT2D eigenvalue weighted by Gasteiger charge is -1.96. The quantitative estimate of drug-likeness (QED) is 0.581. The molecule has 0 bridgehead atoms. The Hall–Kier alpha value is -1.86. The Morgan fingerprint density at radius 1 is 1.00 bits per heavy atom. The molecule has 0 heterocycles. The predicted molar refractivity (Wildman–Crippen MR) is 71.3 cm³/mol. The molecule has 2 rings (SSSR count). The van der Waals surface area contributed by atoms with Gasteiger partial charge in [0.25, 0.3) is 0 Å². The highest BCUT2D eigenvalue weighted by molar-refractivity contribution is 6.31. The van der Waals surface area contributed by atoms with Crippen molar-refractivity contribution in [2.45, 2.75) is 0 Å². The highest BCUT2D eigenvalue weighted by atomic mass is 35.5. The molecule has 0 spiro atoms. The highest BCUT2D eigenvalue weighted by Gasteiger charge is 2.01. The van der Waals surface area contributed by atoms with E-state index in [2.05, 4.69) is 0 Å². The van der Waals surface area contributed by atoms with Gasteiger partial charge in [-0.25, -0.2) is 0 Å². The normalized spacial score (nSPS) is 10.6. The Morgan fingerprint density at radius 2 is 1.76 bits per heavy atom. The first-order valence-corrected chi connectivity index (χ1v) is 5.66. The van der Waals surface area contributed by atoms with Gasteiger partial charge in [0.15, 0.2) is 5.78 Å². The van der Waals surface area contributed by atoms with E-state index in [0.29, 0.717) is 10.6 Å². The standard InChI is InChI=1S/C15H11ClO/c16-14-8-4-7-13(11-14)15(17)10-9-12-5-2-1-3-6-12/h1-11H. The minimum absolute atomic E-state index is 0.0450. The van der Waals surface area contributed by atoms with Gasteiger partial charge in [-0.2, -0.15) is 0 Å². The molecule has 0 aliphatic carbocycles. The maximum Gasteiger partial charge on any atom is 0.185 e. The Bertz CT molecular complexity index is 544. The summed E-state index contributed by atoms with van der Waals surface area (Å²) < 4.78 is 0. The predicted octanol–water partition coefficient (Wildman–Crippen LogP) is 4.24. The highest BCUT2D eigenvalue weighted by Crippen LogP contribution is 2.12. The van der Waals surface area contributed by atoms with Crippen LogP contribution in [0.15, 0.2) is 60.7 Å². The average molecular weight is 243 g/mol. The van der Waals surface area contributed by atoms with Gasteiger partial charge in [0.2, 0.25) is 0 Å². The monoisotopic (exact) mass is 242 g/mol. The van der Waals surface area contributed by atoms with Gasteiger partial charge in [-0.1, -0.05) is 60.1 Å². The molecule has 0 aliphatic heterocycles. The molecule has 0 saturated carbocycles. The van der Waals surface area contributed by atoms with Crippen molar-refractivity contribution < 1.29 is 4.79 Å². The second-order valence-corrected chi connectivity index (χ2v) is 4.06. The number of benzene rings is 2. The van der Waals surface area contributed by atoms with Crippen LogP contribution in [-0.4, -0.2) is 5.78 Å². The first-order valence-electron chi connectivity index (χ1n) is 5.29. The first kappa shape index (κ1) is 11.6. The van der Waals surface area contributed by atoms with Crippen LogP contribution < -0.4 is 0 Å². The number of hydrogen-bond acceptors (Lipinski definition) is 1. The fraction of sp³-hybridized carbons (Fsp3) is 0. The van der Waals surface area contributed by atoms with E-state index in [-0.39, 0.29) is 5.78 Å². The van der Waals surface area contributed by atoms with Crippen molar-refractivity contribution in [2.24, 2.45) is 0 Å². The molecule has 0 amide bonds. The summed E-state index contributed by atoms with van der Waals surface area (Å²) in [5.74, 6) is -0.0450. The number of allylic oxidation sites excluding steroid dienone is 1. The minimum Gasteiger partial charge on any atom is -0.289 e. The third-order valence-electron chi connectivity index (χ3n) is 2.34. The van der Waals surface area contributed by atoms with Crippen molar-refractivity contribution in [2.75, 3.05) is 0 Å². The van der Waals surface area contributed by atoms with Crippen molar-refractivity contribution in [3.05, 3.63) is 76.8 Å². The number of ketones is 1. The molecule has 0 saturated heterocycles. The molecule has 0 fully saturated rings. The van der Waals surface area contributed by atoms with Gasteiger partial charge in [0, 0.05) is 10.6 Å². The van der Waals surface area contributed by atoms with E-state index in [1.165, 1.54) is 0 Å². The number of rotatable bonds is 3. The molecule has 0 N–H and O–H groups in total. The first-order chi connectivity index (χ1) is 8.25. The summed E-state index contributed by atoms with van der Waals surface area (Å²) >= 11 is 5.83. The molecule has 2 aromatic carbocycles. The maximum absolute atomic E-state index is 11.8. The van der Waals surface area contributed by atoms with Crippen molar-refractivity contribution in [1.82, 2.24) is 0 Å². The van der Waals surface area contributed by atoms with E-state index in [0.717, 1.165) is 5.56 Å². The van der Waals surface area contributed by atoms with E-state index in [9.17, 15) is 4.79 Å². The number of halogens is 1. The largest absolute Gasteiger partial charge is 0.289 e. The van der Waals surface area contributed by atoms with Crippen molar-refractivity contribution in [1.29, 1.82) is 0 Å². The number of carbonyl (C=O) groups excluding carboxylic acids is 1. The topological polar surface area (TPSA) is 17.1 Å². The van der Waals surface area contributed by atoms with E-state index in [1.54, 1.807) is 36.4 Å². The SMILES string of the molecule is O=C(C=Cc1ccccc1)c1cccc(Cl)c1. The van der Waals surface area contributed by atoms with Crippen LogP contribution in [0.4, 0.5) is 0 Å². The second kappa shape index (κ2) is 5.46. The fourth-order valence-electron chi connectivity index (χ4n) is 1.47. The third-order valence-corrected chi connectivity index (χ3v) is 2.57. The van der Waals surface area contributed by atoms with Crippen LogP contribution in [0.25, 0.3) is 6.08 Å². The molecule has 0 aliphatic rings. The second-order valence-electron chi connectivity index (χ2n) is 3.62. The van der Waals surface area contributed by atoms with Crippen LogP contribution >= 0.6 is 11.6 Å². The molecule has 0 atom stereocenters. The summed E-state index contributed by atoms with van der Waals surface area (Å²) in [6.07, 6.45) is 3.35. The lowest BCUT2D eigenvalue weighted by Crippen LogP contribution is -1.93. The molecule has 2 heteroatoms. The maximum atomic E-state index is 11.8. The van der Waals surface area contributed by atoms with Crippen molar-refractivity contribution >= 4 is 23.5 Å². The van der Waals surface area contributed by atoms with Crippen LogP contribution in [-0.2, 0) is 0 Å². The van der Waals surface area contributed by atoms with E-state index in [4.69, 9.17) is 11.6 Å².